The predicted molar refractivity (Wildman–Crippen MR) is 108 cm³/mol. The lowest BCUT2D eigenvalue weighted by molar-refractivity contribution is 0.0600. The molecule has 0 aromatic heterocycles. The highest BCUT2D eigenvalue weighted by Gasteiger charge is 2.26. The lowest BCUT2D eigenvalue weighted by atomic mass is 10.1. The van der Waals surface area contributed by atoms with Crippen molar-refractivity contribution in [2.75, 3.05) is 20.3 Å². The minimum Gasteiger partial charge on any atom is -0.492 e. The zero-order valence-corrected chi connectivity index (χ0v) is 15.8. The molecule has 144 valence electrons. The number of esters is 1. The topological polar surface area (TPSA) is 56.8 Å². The van der Waals surface area contributed by atoms with E-state index in [0.717, 1.165) is 24.5 Å². The lowest BCUT2D eigenvalue weighted by Crippen LogP contribution is -2.28. The normalized spacial score (nSPS) is 18.8. The Morgan fingerprint density at radius 3 is 2.54 bits per heavy atom. The molecule has 0 bridgehead atoms. The van der Waals surface area contributed by atoms with Gasteiger partial charge in [0, 0.05) is 19.0 Å². The third-order valence-corrected chi connectivity index (χ3v) is 4.93. The molecule has 3 aromatic rings. The predicted octanol–water partition coefficient (Wildman–Crippen LogP) is 3.81. The fraction of sp³-hybridized carbons (Fsp3) is 0.261. The molecule has 3 aromatic carbocycles. The molecule has 5 nitrogen and oxygen atoms in total. The average molecular weight is 377 g/mol. The van der Waals surface area contributed by atoms with Crippen molar-refractivity contribution in [3.8, 4) is 11.5 Å². The molecule has 1 aliphatic rings. The maximum absolute atomic E-state index is 11.5. The van der Waals surface area contributed by atoms with E-state index in [1.54, 1.807) is 24.3 Å². The molecule has 0 spiro atoms. The van der Waals surface area contributed by atoms with Crippen molar-refractivity contribution in [1.29, 1.82) is 0 Å². The highest BCUT2D eigenvalue weighted by Crippen LogP contribution is 2.23. The number of ether oxygens (including phenoxy) is 3. The van der Waals surface area contributed by atoms with Crippen molar-refractivity contribution in [2.45, 2.75) is 18.6 Å². The van der Waals surface area contributed by atoms with Gasteiger partial charge < -0.3 is 19.5 Å². The number of methoxy groups -OCH3 is 1. The Morgan fingerprint density at radius 2 is 1.75 bits per heavy atom. The SMILES string of the molecule is COC(=O)c1ccc(OC[C@@H]2C[C@H](Oc3ccc4ccccc4c3)CN2)cc1. The summed E-state index contributed by atoms with van der Waals surface area (Å²) in [5.74, 6) is 1.27. The van der Waals surface area contributed by atoms with Crippen LogP contribution in [0.5, 0.6) is 11.5 Å². The van der Waals surface area contributed by atoms with E-state index in [0.29, 0.717) is 12.2 Å². The molecular weight excluding hydrogens is 354 g/mol. The van der Waals surface area contributed by atoms with Crippen LogP contribution in [0.15, 0.2) is 66.7 Å². The summed E-state index contributed by atoms with van der Waals surface area (Å²) in [6.45, 7) is 1.34. The fourth-order valence-corrected chi connectivity index (χ4v) is 3.43. The number of nitrogens with one attached hydrogen (secondary N) is 1. The molecular formula is C23H23NO4. The Balaban J connectivity index is 1.28. The maximum atomic E-state index is 11.5. The maximum Gasteiger partial charge on any atom is 0.337 e. The van der Waals surface area contributed by atoms with Crippen LogP contribution in [0.2, 0.25) is 0 Å². The first-order valence-corrected chi connectivity index (χ1v) is 9.41. The van der Waals surface area contributed by atoms with E-state index in [4.69, 9.17) is 14.2 Å². The number of hydrogen-bond acceptors (Lipinski definition) is 5. The number of carbonyl (C=O) groups excluding carboxylic acids is 1. The molecule has 1 fully saturated rings. The molecule has 0 aliphatic carbocycles. The second-order valence-electron chi connectivity index (χ2n) is 6.92. The third-order valence-electron chi connectivity index (χ3n) is 4.93. The average Bonchev–Trinajstić information content (AvgIpc) is 3.19. The molecule has 2 atom stereocenters. The lowest BCUT2D eigenvalue weighted by Gasteiger charge is -2.14. The number of fused-ring (bicyclic) bond motifs is 1. The molecule has 5 heteroatoms. The van der Waals surface area contributed by atoms with Crippen LogP contribution in [0.25, 0.3) is 10.8 Å². The summed E-state index contributed by atoms with van der Waals surface area (Å²) in [4.78, 5) is 11.5. The first kappa shape index (κ1) is 18.3. The first-order valence-electron chi connectivity index (χ1n) is 9.41. The van der Waals surface area contributed by atoms with E-state index in [2.05, 4.69) is 29.6 Å². The van der Waals surface area contributed by atoms with Crippen LogP contribution in [-0.2, 0) is 4.74 Å². The number of benzene rings is 3. The Labute approximate surface area is 164 Å². The number of hydrogen-bond donors (Lipinski definition) is 1. The van der Waals surface area contributed by atoms with Crippen LogP contribution in [0, 0.1) is 0 Å². The molecule has 1 N–H and O–H groups in total. The molecule has 1 saturated heterocycles. The molecule has 0 radical (unpaired) electrons. The zero-order valence-electron chi connectivity index (χ0n) is 15.8. The molecule has 28 heavy (non-hydrogen) atoms. The van der Waals surface area contributed by atoms with Gasteiger partial charge in [0.15, 0.2) is 0 Å². The quantitative estimate of drug-likeness (QED) is 0.662. The molecule has 0 saturated carbocycles. The highest BCUT2D eigenvalue weighted by atomic mass is 16.5. The van der Waals surface area contributed by atoms with Gasteiger partial charge in [-0.1, -0.05) is 30.3 Å². The van der Waals surface area contributed by atoms with Gasteiger partial charge in [0.1, 0.15) is 24.2 Å². The molecule has 4 rings (SSSR count). The third kappa shape index (κ3) is 4.26. The summed E-state index contributed by atoms with van der Waals surface area (Å²) in [6, 6.07) is 21.7. The summed E-state index contributed by atoms with van der Waals surface area (Å²) < 4.78 is 16.7. The van der Waals surface area contributed by atoms with Crippen LogP contribution < -0.4 is 14.8 Å². The summed E-state index contributed by atoms with van der Waals surface area (Å²) in [7, 11) is 1.37. The second kappa shape index (κ2) is 8.31. The summed E-state index contributed by atoms with van der Waals surface area (Å²) in [5, 5.41) is 5.84. The van der Waals surface area contributed by atoms with E-state index in [-0.39, 0.29) is 18.1 Å². The Bertz CT molecular complexity index is 954. The van der Waals surface area contributed by atoms with Gasteiger partial charge in [0.2, 0.25) is 0 Å². The van der Waals surface area contributed by atoms with Crippen molar-refractivity contribution in [3.63, 3.8) is 0 Å². The minimum atomic E-state index is -0.349. The highest BCUT2D eigenvalue weighted by molar-refractivity contribution is 5.89. The van der Waals surface area contributed by atoms with Crippen LogP contribution >= 0.6 is 0 Å². The number of rotatable bonds is 6. The Kier molecular flexibility index (Phi) is 5.44. The van der Waals surface area contributed by atoms with Crippen LogP contribution in [-0.4, -0.2) is 38.4 Å². The van der Waals surface area contributed by atoms with Gasteiger partial charge in [-0.3, -0.25) is 0 Å². The van der Waals surface area contributed by atoms with Crippen molar-refractivity contribution in [3.05, 3.63) is 72.3 Å². The Morgan fingerprint density at radius 1 is 1.00 bits per heavy atom. The zero-order chi connectivity index (χ0) is 19.3. The summed E-state index contributed by atoms with van der Waals surface area (Å²) >= 11 is 0. The van der Waals surface area contributed by atoms with E-state index in [9.17, 15) is 4.79 Å². The van der Waals surface area contributed by atoms with E-state index >= 15 is 0 Å². The largest absolute Gasteiger partial charge is 0.492 e. The summed E-state index contributed by atoms with van der Waals surface area (Å²) in [5.41, 5.74) is 0.512. The van der Waals surface area contributed by atoms with E-state index in [1.165, 1.54) is 17.9 Å². The number of carbonyl (C=O) groups is 1. The van der Waals surface area contributed by atoms with Gasteiger partial charge in [-0.2, -0.15) is 0 Å². The van der Waals surface area contributed by atoms with E-state index < -0.39 is 0 Å². The molecule has 1 aliphatic heterocycles. The van der Waals surface area contributed by atoms with Crippen molar-refractivity contribution >= 4 is 16.7 Å². The van der Waals surface area contributed by atoms with Gasteiger partial charge in [-0.25, -0.2) is 4.79 Å². The first-order chi connectivity index (χ1) is 13.7. The van der Waals surface area contributed by atoms with Gasteiger partial charge in [0.25, 0.3) is 0 Å². The van der Waals surface area contributed by atoms with Crippen molar-refractivity contribution in [2.24, 2.45) is 0 Å². The smallest absolute Gasteiger partial charge is 0.337 e. The van der Waals surface area contributed by atoms with Gasteiger partial charge in [-0.05, 0) is 47.2 Å². The van der Waals surface area contributed by atoms with Gasteiger partial charge in [-0.15, -0.1) is 0 Å². The molecule has 1 heterocycles. The minimum absolute atomic E-state index is 0.122. The van der Waals surface area contributed by atoms with Gasteiger partial charge >= 0.3 is 5.97 Å². The van der Waals surface area contributed by atoms with Crippen LogP contribution in [0.3, 0.4) is 0 Å². The summed E-state index contributed by atoms with van der Waals surface area (Å²) in [6.07, 6.45) is 1.00. The molecule has 0 amide bonds. The van der Waals surface area contributed by atoms with Crippen LogP contribution in [0.4, 0.5) is 0 Å². The van der Waals surface area contributed by atoms with Crippen LogP contribution in [0.1, 0.15) is 16.8 Å². The standard InChI is InChI=1S/C23H23NO4/c1-26-23(25)17-7-9-20(10-8-17)27-15-19-13-22(14-24-19)28-21-11-6-16-4-2-3-5-18(16)12-21/h2-12,19,22,24H,13-15H2,1H3/t19-,22-/m0/s1. The Hall–Kier alpha value is -3.05. The van der Waals surface area contributed by atoms with Gasteiger partial charge in [0.05, 0.1) is 12.7 Å². The fourth-order valence-electron chi connectivity index (χ4n) is 3.43. The monoisotopic (exact) mass is 377 g/mol. The van der Waals surface area contributed by atoms with Crippen molar-refractivity contribution in [1.82, 2.24) is 5.32 Å². The van der Waals surface area contributed by atoms with E-state index in [1.807, 2.05) is 18.2 Å². The molecule has 0 unspecified atom stereocenters. The van der Waals surface area contributed by atoms with Crippen molar-refractivity contribution < 1.29 is 19.0 Å². The second-order valence-corrected chi connectivity index (χ2v) is 6.92.